The van der Waals surface area contributed by atoms with E-state index in [9.17, 15) is 4.39 Å². The lowest BCUT2D eigenvalue weighted by atomic mass is 10.1. The monoisotopic (exact) mass is 162 g/mol. The number of halogens is 1. The molecule has 0 saturated heterocycles. The third-order valence-electron chi connectivity index (χ3n) is 1.58. The van der Waals surface area contributed by atoms with E-state index in [1.54, 1.807) is 12.1 Å². The third kappa shape index (κ3) is 2.06. The van der Waals surface area contributed by atoms with Crippen molar-refractivity contribution in [3.05, 3.63) is 54.4 Å². The zero-order valence-electron chi connectivity index (χ0n) is 7.05. The van der Waals surface area contributed by atoms with Crippen molar-refractivity contribution in [3.63, 3.8) is 0 Å². The highest BCUT2D eigenvalue weighted by atomic mass is 19.1. The number of benzene rings is 1. The van der Waals surface area contributed by atoms with Gasteiger partial charge in [-0.15, -0.1) is 0 Å². The second kappa shape index (κ2) is 3.86. The van der Waals surface area contributed by atoms with E-state index in [2.05, 4.69) is 6.58 Å². The Hall–Kier alpha value is -1.37. The van der Waals surface area contributed by atoms with E-state index in [-0.39, 0.29) is 5.82 Å². The summed E-state index contributed by atoms with van der Waals surface area (Å²) >= 11 is 0. The fourth-order valence-electron chi connectivity index (χ4n) is 0.961. The third-order valence-corrected chi connectivity index (χ3v) is 1.58. The molecule has 0 nitrogen and oxygen atoms in total. The highest BCUT2D eigenvalue weighted by Gasteiger charge is 1.93. The van der Waals surface area contributed by atoms with Crippen LogP contribution in [0.3, 0.4) is 0 Å². The summed E-state index contributed by atoms with van der Waals surface area (Å²) in [5, 5.41) is 0. The molecule has 1 heteroatoms. The van der Waals surface area contributed by atoms with Gasteiger partial charge >= 0.3 is 0 Å². The van der Waals surface area contributed by atoms with Crippen LogP contribution in [0.1, 0.15) is 12.5 Å². The van der Waals surface area contributed by atoms with Crippen molar-refractivity contribution in [2.75, 3.05) is 0 Å². The second-order valence-corrected chi connectivity index (χ2v) is 2.53. The molecule has 0 bridgehead atoms. The van der Waals surface area contributed by atoms with Gasteiger partial charge in [0.15, 0.2) is 0 Å². The molecular weight excluding hydrogens is 151 g/mol. The van der Waals surface area contributed by atoms with Gasteiger partial charge in [-0.1, -0.05) is 30.9 Å². The summed E-state index contributed by atoms with van der Waals surface area (Å²) < 4.78 is 12.5. The van der Waals surface area contributed by atoms with Crippen LogP contribution in [-0.4, -0.2) is 0 Å². The van der Waals surface area contributed by atoms with E-state index >= 15 is 0 Å². The number of rotatable bonds is 2. The van der Waals surface area contributed by atoms with Crippen LogP contribution in [0.5, 0.6) is 0 Å². The quantitative estimate of drug-likeness (QED) is 0.584. The number of hydrogen-bond acceptors (Lipinski definition) is 0. The molecule has 0 amide bonds. The Bertz CT molecular complexity index is 293. The number of allylic oxidation sites excluding steroid dienone is 3. The average Bonchev–Trinajstić information content (AvgIpc) is 2.06. The van der Waals surface area contributed by atoms with Crippen LogP contribution in [0.25, 0.3) is 5.57 Å². The molecule has 0 unspecified atom stereocenters. The van der Waals surface area contributed by atoms with E-state index in [1.807, 2.05) is 19.1 Å². The van der Waals surface area contributed by atoms with Crippen molar-refractivity contribution >= 4 is 5.57 Å². The molecule has 1 rings (SSSR count). The normalized spacial score (nSPS) is 10.5. The molecule has 1 aromatic rings. The average molecular weight is 162 g/mol. The molecule has 0 atom stereocenters. The van der Waals surface area contributed by atoms with Gasteiger partial charge in [0.2, 0.25) is 0 Å². The Balaban J connectivity index is 2.90. The van der Waals surface area contributed by atoms with Crippen LogP contribution in [0.2, 0.25) is 0 Å². The van der Waals surface area contributed by atoms with Gasteiger partial charge in [-0.3, -0.25) is 0 Å². The van der Waals surface area contributed by atoms with Crippen LogP contribution in [0.15, 0.2) is 43.0 Å². The maximum atomic E-state index is 12.5. The molecule has 0 spiro atoms. The van der Waals surface area contributed by atoms with Crippen LogP contribution in [0.4, 0.5) is 4.39 Å². The van der Waals surface area contributed by atoms with Crippen molar-refractivity contribution in [1.29, 1.82) is 0 Å². The topological polar surface area (TPSA) is 0 Å². The first-order valence-corrected chi connectivity index (χ1v) is 3.81. The van der Waals surface area contributed by atoms with E-state index in [4.69, 9.17) is 0 Å². The lowest BCUT2D eigenvalue weighted by Gasteiger charge is -1.98. The summed E-state index contributed by atoms with van der Waals surface area (Å²) in [7, 11) is 0. The van der Waals surface area contributed by atoms with Crippen molar-refractivity contribution in [1.82, 2.24) is 0 Å². The Morgan fingerprint density at radius 3 is 2.42 bits per heavy atom. The molecule has 0 heterocycles. The lowest BCUT2D eigenvalue weighted by molar-refractivity contribution is 0.627. The van der Waals surface area contributed by atoms with E-state index in [0.717, 1.165) is 11.1 Å². The van der Waals surface area contributed by atoms with Gasteiger partial charge in [0.25, 0.3) is 0 Å². The van der Waals surface area contributed by atoms with Gasteiger partial charge in [-0.2, -0.15) is 0 Å². The molecule has 12 heavy (non-hydrogen) atoms. The van der Waals surface area contributed by atoms with Gasteiger partial charge in [-0.05, 0) is 30.2 Å². The summed E-state index contributed by atoms with van der Waals surface area (Å²) in [6.45, 7) is 5.76. The minimum absolute atomic E-state index is 0.216. The first-order valence-electron chi connectivity index (χ1n) is 3.81. The largest absolute Gasteiger partial charge is 0.207 e. The fraction of sp³-hybridized carbons (Fsp3) is 0.0909. The zero-order valence-corrected chi connectivity index (χ0v) is 7.05. The summed E-state index contributed by atoms with van der Waals surface area (Å²) in [5.41, 5.74) is 1.85. The molecule has 0 N–H and O–H groups in total. The predicted molar refractivity (Wildman–Crippen MR) is 50.2 cm³/mol. The summed E-state index contributed by atoms with van der Waals surface area (Å²) in [5.74, 6) is -0.216. The van der Waals surface area contributed by atoms with Crippen molar-refractivity contribution in [2.45, 2.75) is 6.92 Å². The Labute approximate surface area is 72.0 Å². The number of hydrogen-bond donors (Lipinski definition) is 0. The smallest absolute Gasteiger partial charge is 0.123 e. The molecule has 0 aromatic heterocycles. The van der Waals surface area contributed by atoms with Gasteiger partial charge in [0, 0.05) is 0 Å². The standard InChI is InChI=1S/C11H11F/c1-3-4-9(2)10-5-7-11(12)8-6-10/h3-8H,2H2,1H3/b4-3-. The van der Waals surface area contributed by atoms with E-state index in [1.165, 1.54) is 12.1 Å². The molecule has 1 aromatic carbocycles. The molecular formula is C11H11F. The van der Waals surface area contributed by atoms with Crippen molar-refractivity contribution in [2.24, 2.45) is 0 Å². The van der Waals surface area contributed by atoms with Gasteiger partial charge in [-0.25, -0.2) is 4.39 Å². The molecule has 0 saturated carbocycles. The molecule has 62 valence electrons. The minimum Gasteiger partial charge on any atom is -0.207 e. The first kappa shape index (κ1) is 8.72. The van der Waals surface area contributed by atoms with E-state index < -0.39 is 0 Å². The SMILES string of the molecule is C=C(/C=C\C)c1ccc(F)cc1. The van der Waals surface area contributed by atoms with Crippen LogP contribution in [-0.2, 0) is 0 Å². The van der Waals surface area contributed by atoms with Gasteiger partial charge in [0.05, 0.1) is 0 Å². The van der Waals surface area contributed by atoms with Crippen LogP contribution < -0.4 is 0 Å². The molecule has 0 aliphatic rings. The Kier molecular flexibility index (Phi) is 2.81. The highest BCUT2D eigenvalue weighted by molar-refractivity contribution is 5.71. The van der Waals surface area contributed by atoms with E-state index in [0.29, 0.717) is 0 Å². The van der Waals surface area contributed by atoms with Gasteiger partial charge in [0.1, 0.15) is 5.82 Å². The highest BCUT2D eigenvalue weighted by Crippen LogP contribution is 2.13. The molecule has 0 fully saturated rings. The summed E-state index contributed by atoms with van der Waals surface area (Å²) in [6.07, 6.45) is 3.80. The van der Waals surface area contributed by atoms with Gasteiger partial charge < -0.3 is 0 Å². The zero-order chi connectivity index (χ0) is 8.97. The second-order valence-electron chi connectivity index (χ2n) is 2.53. The minimum atomic E-state index is -0.216. The molecule has 0 aliphatic heterocycles. The molecule has 0 radical (unpaired) electrons. The summed E-state index contributed by atoms with van der Waals surface area (Å²) in [6, 6.07) is 6.31. The van der Waals surface area contributed by atoms with Crippen LogP contribution in [0, 0.1) is 5.82 Å². The van der Waals surface area contributed by atoms with Crippen molar-refractivity contribution < 1.29 is 4.39 Å². The maximum absolute atomic E-state index is 12.5. The first-order chi connectivity index (χ1) is 5.74. The fourth-order valence-corrected chi connectivity index (χ4v) is 0.961. The summed E-state index contributed by atoms with van der Waals surface area (Å²) in [4.78, 5) is 0. The predicted octanol–water partition coefficient (Wildman–Crippen LogP) is 3.42. The molecule has 0 aliphatic carbocycles. The van der Waals surface area contributed by atoms with Crippen LogP contribution >= 0.6 is 0 Å². The maximum Gasteiger partial charge on any atom is 0.123 e. The Morgan fingerprint density at radius 1 is 1.33 bits per heavy atom. The van der Waals surface area contributed by atoms with Crippen molar-refractivity contribution in [3.8, 4) is 0 Å². The lowest BCUT2D eigenvalue weighted by Crippen LogP contribution is -1.79. The Morgan fingerprint density at radius 2 is 1.92 bits per heavy atom.